The van der Waals surface area contributed by atoms with Crippen molar-refractivity contribution >= 4 is 5.82 Å². The van der Waals surface area contributed by atoms with Gasteiger partial charge < -0.3 is 4.90 Å². The number of nitrogens with zero attached hydrogens (tertiary/aromatic N) is 4. The van der Waals surface area contributed by atoms with Gasteiger partial charge in [-0.25, -0.2) is 0 Å². The van der Waals surface area contributed by atoms with E-state index in [1.54, 1.807) is 0 Å². The van der Waals surface area contributed by atoms with E-state index in [9.17, 15) is 5.26 Å². The van der Waals surface area contributed by atoms with Crippen molar-refractivity contribution in [1.82, 2.24) is 10.2 Å². The normalized spacial score (nSPS) is 10.2. The monoisotopic (exact) mass is 246 g/mol. The third-order valence-corrected chi connectivity index (χ3v) is 3.11. The Balaban J connectivity index is 3.32. The number of hydrogen-bond donors (Lipinski definition) is 0. The van der Waals surface area contributed by atoms with Gasteiger partial charge in [0, 0.05) is 13.1 Å². The van der Waals surface area contributed by atoms with E-state index in [1.807, 2.05) is 6.92 Å². The highest BCUT2D eigenvalue weighted by Crippen LogP contribution is 2.23. The maximum absolute atomic E-state index is 9.42. The Morgan fingerprint density at radius 3 is 2.28 bits per heavy atom. The minimum absolute atomic E-state index is 0.708. The highest BCUT2D eigenvalue weighted by molar-refractivity contribution is 5.58. The molecule has 1 aromatic rings. The molecule has 0 amide bonds. The van der Waals surface area contributed by atoms with Crippen LogP contribution in [0.5, 0.6) is 0 Å². The van der Waals surface area contributed by atoms with E-state index in [0.29, 0.717) is 5.56 Å². The standard InChI is InChI=1S/C14H22N4/c1-5-9-18(8-4)14-12(10-15)11(6-2)13(7-3)16-17-14/h5-9H2,1-4H3. The molecule has 4 heteroatoms. The Morgan fingerprint density at radius 2 is 1.83 bits per heavy atom. The summed E-state index contributed by atoms with van der Waals surface area (Å²) in [6.45, 7) is 10.1. The fraction of sp³-hybridized carbons (Fsp3) is 0.643. The fourth-order valence-corrected chi connectivity index (χ4v) is 2.18. The van der Waals surface area contributed by atoms with Gasteiger partial charge in [-0.2, -0.15) is 10.4 Å². The number of anilines is 1. The molecule has 0 saturated carbocycles. The van der Waals surface area contributed by atoms with E-state index in [2.05, 4.69) is 41.9 Å². The molecule has 0 bridgehead atoms. The smallest absolute Gasteiger partial charge is 0.169 e. The molecule has 0 N–H and O–H groups in total. The Kier molecular flexibility index (Phi) is 5.57. The fourth-order valence-electron chi connectivity index (χ4n) is 2.18. The Bertz CT molecular complexity index is 434. The number of hydrogen-bond acceptors (Lipinski definition) is 4. The van der Waals surface area contributed by atoms with Crippen molar-refractivity contribution < 1.29 is 0 Å². The van der Waals surface area contributed by atoms with E-state index in [-0.39, 0.29) is 0 Å². The number of aromatic nitrogens is 2. The molecule has 0 fully saturated rings. The molecule has 1 heterocycles. The third kappa shape index (κ3) is 2.79. The zero-order chi connectivity index (χ0) is 13.5. The molecule has 0 radical (unpaired) electrons. The first-order chi connectivity index (χ1) is 8.73. The molecule has 1 rings (SSSR count). The molecule has 0 aromatic carbocycles. The van der Waals surface area contributed by atoms with Crippen molar-refractivity contribution in [2.45, 2.75) is 47.0 Å². The summed E-state index contributed by atoms with van der Waals surface area (Å²) >= 11 is 0. The van der Waals surface area contributed by atoms with Gasteiger partial charge in [-0.1, -0.05) is 20.8 Å². The maximum atomic E-state index is 9.42. The van der Waals surface area contributed by atoms with Gasteiger partial charge in [-0.05, 0) is 31.7 Å². The van der Waals surface area contributed by atoms with Crippen LogP contribution < -0.4 is 4.90 Å². The lowest BCUT2D eigenvalue weighted by atomic mass is 10.0. The van der Waals surface area contributed by atoms with Crippen LogP contribution in [0.15, 0.2) is 0 Å². The Morgan fingerprint density at radius 1 is 1.11 bits per heavy atom. The van der Waals surface area contributed by atoms with Gasteiger partial charge >= 0.3 is 0 Å². The van der Waals surface area contributed by atoms with Crippen molar-refractivity contribution in [3.8, 4) is 6.07 Å². The lowest BCUT2D eigenvalue weighted by Gasteiger charge is -2.23. The summed E-state index contributed by atoms with van der Waals surface area (Å²) in [5.74, 6) is 0.746. The van der Waals surface area contributed by atoms with Crippen LogP contribution in [-0.4, -0.2) is 23.3 Å². The predicted octanol–water partition coefficient (Wildman–Crippen LogP) is 2.71. The van der Waals surface area contributed by atoms with Gasteiger partial charge in [-0.15, -0.1) is 5.10 Å². The molecule has 0 unspecified atom stereocenters. The average Bonchev–Trinajstić information content (AvgIpc) is 2.42. The van der Waals surface area contributed by atoms with Crippen LogP contribution in [0.1, 0.15) is 50.9 Å². The first-order valence-corrected chi connectivity index (χ1v) is 6.76. The van der Waals surface area contributed by atoms with E-state index in [0.717, 1.165) is 49.4 Å². The van der Waals surface area contributed by atoms with E-state index >= 15 is 0 Å². The van der Waals surface area contributed by atoms with Crippen LogP contribution in [-0.2, 0) is 12.8 Å². The Labute approximate surface area is 110 Å². The van der Waals surface area contributed by atoms with Gasteiger partial charge in [0.05, 0.1) is 5.69 Å². The SMILES string of the molecule is CCCN(CC)c1nnc(CC)c(CC)c1C#N. The van der Waals surface area contributed by atoms with Crippen LogP contribution in [0.4, 0.5) is 5.82 Å². The minimum Gasteiger partial charge on any atom is -0.354 e. The highest BCUT2D eigenvalue weighted by Gasteiger charge is 2.17. The first-order valence-electron chi connectivity index (χ1n) is 6.76. The summed E-state index contributed by atoms with van der Waals surface area (Å²) in [5.41, 5.74) is 2.71. The van der Waals surface area contributed by atoms with Crippen LogP contribution in [0, 0.1) is 11.3 Å². The molecule has 0 spiro atoms. The second-order valence-electron chi connectivity index (χ2n) is 4.22. The summed E-state index contributed by atoms with van der Waals surface area (Å²) in [6, 6.07) is 2.32. The van der Waals surface area contributed by atoms with Gasteiger partial charge in [0.15, 0.2) is 5.82 Å². The largest absolute Gasteiger partial charge is 0.354 e. The second-order valence-corrected chi connectivity index (χ2v) is 4.22. The summed E-state index contributed by atoms with van der Waals surface area (Å²) in [6.07, 6.45) is 2.70. The van der Waals surface area contributed by atoms with Crippen molar-refractivity contribution in [3.63, 3.8) is 0 Å². The highest BCUT2D eigenvalue weighted by atomic mass is 15.3. The van der Waals surface area contributed by atoms with Crippen molar-refractivity contribution in [3.05, 3.63) is 16.8 Å². The number of aryl methyl sites for hydroxylation is 1. The van der Waals surface area contributed by atoms with Gasteiger partial charge in [0.2, 0.25) is 0 Å². The molecule has 1 aromatic heterocycles. The summed E-state index contributed by atoms with van der Waals surface area (Å²) < 4.78 is 0. The third-order valence-electron chi connectivity index (χ3n) is 3.11. The lowest BCUT2D eigenvalue weighted by molar-refractivity contribution is 0.752. The molecule has 4 nitrogen and oxygen atoms in total. The van der Waals surface area contributed by atoms with Gasteiger partial charge in [-0.3, -0.25) is 0 Å². The van der Waals surface area contributed by atoms with Crippen LogP contribution in [0.3, 0.4) is 0 Å². The van der Waals surface area contributed by atoms with Crippen molar-refractivity contribution in [1.29, 1.82) is 5.26 Å². The van der Waals surface area contributed by atoms with Crippen molar-refractivity contribution in [2.24, 2.45) is 0 Å². The average molecular weight is 246 g/mol. The second kappa shape index (κ2) is 6.95. The van der Waals surface area contributed by atoms with Crippen LogP contribution in [0.2, 0.25) is 0 Å². The summed E-state index contributed by atoms with van der Waals surface area (Å²) in [7, 11) is 0. The molecule has 0 aliphatic heterocycles. The van der Waals surface area contributed by atoms with Crippen molar-refractivity contribution in [2.75, 3.05) is 18.0 Å². The van der Waals surface area contributed by atoms with Crippen LogP contribution in [0.25, 0.3) is 0 Å². The van der Waals surface area contributed by atoms with E-state index < -0.39 is 0 Å². The van der Waals surface area contributed by atoms with E-state index in [4.69, 9.17) is 0 Å². The molecule has 0 atom stereocenters. The summed E-state index contributed by atoms with van der Waals surface area (Å²) in [5, 5.41) is 18.0. The molecule has 98 valence electrons. The minimum atomic E-state index is 0.708. The molecule has 18 heavy (non-hydrogen) atoms. The Hall–Kier alpha value is -1.63. The molecule has 0 aliphatic rings. The topological polar surface area (TPSA) is 52.8 Å². The molecule has 0 aliphatic carbocycles. The predicted molar refractivity (Wildman–Crippen MR) is 73.7 cm³/mol. The quantitative estimate of drug-likeness (QED) is 0.774. The summed E-state index contributed by atoms with van der Waals surface area (Å²) in [4.78, 5) is 2.13. The molecule has 0 saturated heterocycles. The zero-order valence-corrected chi connectivity index (χ0v) is 11.8. The zero-order valence-electron chi connectivity index (χ0n) is 11.8. The first kappa shape index (κ1) is 14.4. The number of nitriles is 1. The lowest BCUT2D eigenvalue weighted by Crippen LogP contribution is -2.26. The molecular weight excluding hydrogens is 224 g/mol. The van der Waals surface area contributed by atoms with Gasteiger partial charge in [0.25, 0.3) is 0 Å². The maximum Gasteiger partial charge on any atom is 0.169 e. The van der Waals surface area contributed by atoms with Crippen LogP contribution >= 0.6 is 0 Å². The number of rotatable bonds is 6. The van der Waals surface area contributed by atoms with Gasteiger partial charge in [0.1, 0.15) is 11.6 Å². The van der Waals surface area contributed by atoms with E-state index in [1.165, 1.54) is 0 Å². The molecular formula is C14H22N4.